The Morgan fingerprint density at radius 3 is 2.21 bits per heavy atom. The number of sulfonamides is 1. The van der Waals surface area contributed by atoms with E-state index in [1.807, 2.05) is 0 Å². The molecule has 0 heterocycles. The molecule has 1 amide bonds. The second-order valence-corrected chi connectivity index (χ2v) is 6.33. The summed E-state index contributed by atoms with van der Waals surface area (Å²) in [5.41, 5.74) is 12.3. The van der Waals surface area contributed by atoms with Crippen molar-refractivity contribution in [3.8, 4) is 0 Å². The Balaban J connectivity index is 3.11. The van der Waals surface area contributed by atoms with Crippen molar-refractivity contribution in [2.75, 3.05) is 5.73 Å². The van der Waals surface area contributed by atoms with Gasteiger partial charge in [-0.1, -0.05) is 0 Å². The third-order valence-corrected chi connectivity index (χ3v) is 4.51. The summed E-state index contributed by atoms with van der Waals surface area (Å²) in [5.74, 6) is -0.555. The molecule has 0 spiro atoms. The van der Waals surface area contributed by atoms with Gasteiger partial charge < -0.3 is 11.5 Å². The number of primary amides is 1. The molecule has 0 fully saturated rings. The number of amides is 1. The molecule has 0 aliphatic carbocycles. The van der Waals surface area contributed by atoms with Crippen LogP contribution in [0.1, 0.15) is 24.5 Å². The first kappa shape index (κ1) is 15.5. The monoisotopic (exact) mass is 285 g/mol. The van der Waals surface area contributed by atoms with Crippen molar-refractivity contribution >= 4 is 21.6 Å². The Morgan fingerprint density at radius 2 is 1.79 bits per heavy atom. The molecule has 0 aliphatic rings. The minimum atomic E-state index is -3.70. The van der Waals surface area contributed by atoms with E-state index >= 15 is 0 Å². The maximum atomic E-state index is 12.3. The van der Waals surface area contributed by atoms with Crippen LogP contribution >= 0.6 is 0 Å². The van der Waals surface area contributed by atoms with E-state index in [4.69, 9.17) is 11.5 Å². The van der Waals surface area contributed by atoms with Crippen molar-refractivity contribution in [3.05, 3.63) is 23.3 Å². The van der Waals surface area contributed by atoms with E-state index in [9.17, 15) is 13.2 Å². The summed E-state index contributed by atoms with van der Waals surface area (Å²) in [6.45, 7) is 4.94. The van der Waals surface area contributed by atoms with Crippen molar-refractivity contribution in [2.24, 2.45) is 5.73 Å². The molecule has 0 radical (unpaired) electrons. The van der Waals surface area contributed by atoms with Crippen molar-refractivity contribution in [1.82, 2.24) is 4.72 Å². The van der Waals surface area contributed by atoms with Gasteiger partial charge in [0.1, 0.15) is 0 Å². The van der Waals surface area contributed by atoms with Gasteiger partial charge in [-0.25, -0.2) is 13.1 Å². The van der Waals surface area contributed by atoms with E-state index < -0.39 is 22.0 Å². The van der Waals surface area contributed by atoms with Crippen LogP contribution in [0.15, 0.2) is 17.0 Å². The number of aryl methyl sites for hydroxylation is 2. The first-order valence-electron chi connectivity index (χ1n) is 5.81. The molecule has 1 aromatic rings. The third-order valence-electron chi connectivity index (χ3n) is 2.62. The zero-order valence-electron chi connectivity index (χ0n) is 11.2. The second-order valence-electron chi connectivity index (χ2n) is 4.68. The SMILES string of the molecule is Cc1cc(N)cc(C)c1S(=O)(=O)NC(C)CC(N)=O. The first-order valence-corrected chi connectivity index (χ1v) is 7.29. The summed E-state index contributed by atoms with van der Waals surface area (Å²) < 4.78 is 27.0. The quantitative estimate of drug-likeness (QED) is 0.680. The van der Waals surface area contributed by atoms with E-state index in [1.54, 1.807) is 32.9 Å². The third kappa shape index (κ3) is 3.93. The Morgan fingerprint density at radius 1 is 1.32 bits per heavy atom. The summed E-state index contributed by atoms with van der Waals surface area (Å²) in [6, 6.07) is 2.64. The molecule has 106 valence electrons. The number of hydrogen-bond donors (Lipinski definition) is 3. The lowest BCUT2D eigenvalue weighted by Crippen LogP contribution is -2.36. The molecule has 19 heavy (non-hydrogen) atoms. The number of carbonyl (C=O) groups excluding carboxylic acids is 1. The molecular formula is C12H19N3O3S. The minimum Gasteiger partial charge on any atom is -0.399 e. The lowest BCUT2D eigenvalue weighted by atomic mass is 10.1. The molecule has 7 heteroatoms. The van der Waals surface area contributed by atoms with E-state index in [2.05, 4.69) is 4.72 Å². The zero-order chi connectivity index (χ0) is 14.8. The summed E-state index contributed by atoms with van der Waals surface area (Å²) >= 11 is 0. The molecular weight excluding hydrogens is 266 g/mol. The van der Waals surface area contributed by atoms with Gasteiger partial charge >= 0.3 is 0 Å². The summed E-state index contributed by atoms with van der Waals surface area (Å²) in [4.78, 5) is 11.0. The molecule has 1 aromatic carbocycles. The van der Waals surface area contributed by atoms with Gasteiger partial charge in [-0.3, -0.25) is 4.79 Å². The van der Waals surface area contributed by atoms with Gasteiger partial charge in [0, 0.05) is 18.2 Å². The smallest absolute Gasteiger partial charge is 0.241 e. The Hall–Kier alpha value is -1.60. The van der Waals surface area contributed by atoms with Crippen LogP contribution in [0, 0.1) is 13.8 Å². The zero-order valence-corrected chi connectivity index (χ0v) is 12.0. The van der Waals surface area contributed by atoms with Crippen LogP contribution < -0.4 is 16.2 Å². The average molecular weight is 285 g/mol. The van der Waals surface area contributed by atoms with Gasteiger partial charge in [-0.05, 0) is 44.0 Å². The molecule has 0 saturated carbocycles. The van der Waals surface area contributed by atoms with Crippen LogP contribution in [-0.4, -0.2) is 20.4 Å². The van der Waals surface area contributed by atoms with Crippen LogP contribution in [0.5, 0.6) is 0 Å². The number of carbonyl (C=O) groups is 1. The fourth-order valence-electron chi connectivity index (χ4n) is 2.07. The number of benzene rings is 1. The summed E-state index contributed by atoms with van der Waals surface area (Å²) in [7, 11) is -3.70. The molecule has 1 atom stereocenters. The van der Waals surface area contributed by atoms with Crippen molar-refractivity contribution in [3.63, 3.8) is 0 Å². The molecule has 1 rings (SSSR count). The highest BCUT2D eigenvalue weighted by atomic mass is 32.2. The minimum absolute atomic E-state index is 0.0493. The molecule has 0 aliphatic heterocycles. The van der Waals surface area contributed by atoms with Crippen LogP contribution in [0.3, 0.4) is 0 Å². The summed E-state index contributed by atoms with van der Waals surface area (Å²) in [5, 5.41) is 0. The molecule has 1 unspecified atom stereocenters. The number of rotatable bonds is 5. The Labute approximate surface area is 113 Å². The fraction of sp³-hybridized carbons (Fsp3) is 0.417. The molecule has 0 aromatic heterocycles. The van der Waals surface area contributed by atoms with Crippen LogP contribution in [-0.2, 0) is 14.8 Å². The van der Waals surface area contributed by atoms with Gasteiger partial charge in [0.15, 0.2) is 0 Å². The number of nitrogens with two attached hydrogens (primary N) is 2. The second kappa shape index (κ2) is 5.58. The number of nitrogen functional groups attached to an aromatic ring is 1. The summed E-state index contributed by atoms with van der Waals surface area (Å²) in [6.07, 6.45) is -0.0493. The van der Waals surface area contributed by atoms with Crippen molar-refractivity contribution in [2.45, 2.75) is 38.1 Å². The first-order chi connectivity index (χ1) is 8.63. The van der Waals surface area contributed by atoms with Crippen LogP contribution in [0.25, 0.3) is 0 Å². The van der Waals surface area contributed by atoms with Gasteiger partial charge in [0.25, 0.3) is 0 Å². The van der Waals surface area contributed by atoms with Crippen LogP contribution in [0.4, 0.5) is 5.69 Å². The predicted octanol–water partition coefficient (Wildman–Crippen LogP) is 0.428. The maximum absolute atomic E-state index is 12.3. The molecule has 6 nitrogen and oxygen atoms in total. The lowest BCUT2D eigenvalue weighted by Gasteiger charge is -2.16. The average Bonchev–Trinajstić information content (AvgIpc) is 2.10. The lowest BCUT2D eigenvalue weighted by molar-refractivity contribution is -0.118. The molecule has 0 saturated heterocycles. The normalized spacial score (nSPS) is 13.2. The highest BCUT2D eigenvalue weighted by Crippen LogP contribution is 2.23. The fourth-order valence-corrected chi connectivity index (χ4v) is 3.77. The highest BCUT2D eigenvalue weighted by Gasteiger charge is 2.22. The van der Waals surface area contributed by atoms with Gasteiger partial charge in [-0.15, -0.1) is 0 Å². The van der Waals surface area contributed by atoms with E-state index in [1.165, 1.54) is 0 Å². The van der Waals surface area contributed by atoms with E-state index in [0.717, 1.165) is 0 Å². The van der Waals surface area contributed by atoms with Gasteiger partial charge in [0.2, 0.25) is 15.9 Å². The van der Waals surface area contributed by atoms with Crippen molar-refractivity contribution < 1.29 is 13.2 Å². The Bertz CT molecular complexity index is 573. The van der Waals surface area contributed by atoms with Crippen LogP contribution in [0.2, 0.25) is 0 Å². The standard InChI is InChI=1S/C12H19N3O3S/c1-7-4-10(13)5-8(2)12(7)19(17,18)15-9(3)6-11(14)16/h4-5,9,15H,6,13H2,1-3H3,(H2,14,16). The van der Waals surface area contributed by atoms with Crippen molar-refractivity contribution in [1.29, 1.82) is 0 Å². The Kier molecular flexibility index (Phi) is 4.54. The largest absolute Gasteiger partial charge is 0.399 e. The van der Waals surface area contributed by atoms with Gasteiger partial charge in [-0.2, -0.15) is 0 Å². The highest BCUT2D eigenvalue weighted by molar-refractivity contribution is 7.89. The number of hydrogen-bond acceptors (Lipinski definition) is 4. The number of nitrogens with one attached hydrogen (secondary N) is 1. The van der Waals surface area contributed by atoms with Gasteiger partial charge in [0.05, 0.1) is 4.90 Å². The predicted molar refractivity (Wildman–Crippen MR) is 73.9 cm³/mol. The van der Waals surface area contributed by atoms with E-state index in [0.29, 0.717) is 16.8 Å². The number of anilines is 1. The molecule has 0 bridgehead atoms. The molecule has 5 N–H and O–H groups in total. The van der Waals surface area contributed by atoms with E-state index in [-0.39, 0.29) is 11.3 Å². The topological polar surface area (TPSA) is 115 Å². The maximum Gasteiger partial charge on any atom is 0.241 e.